The second-order valence-corrected chi connectivity index (χ2v) is 23.3. The highest BCUT2D eigenvalue weighted by Gasteiger charge is 2.28. The van der Waals surface area contributed by atoms with Gasteiger partial charge in [0.2, 0.25) is 0 Å². The number of benzene rings is 12. The summed E-state index contributed by atoms with van der Waals surface area (Å²) >= 11 is 0. The number of fused-ring (bicyclic) bond motifs is 5. The van der Waals surface area contributed by atoms with Crippen LogP contribution in [0.2, 0.25) is 0 Å². The molecule has 0 N–H and O–H groups in total. The van der Waals surface area contributed by atoms with Crippen molar-refractivity contribution in [3.63, 3.8) is 0 Å². The first-order valence-corrected chi connectivity index (χ1v) is 27.0. The van der Waals surface area contributed by atoms with Crippen molar-refractivity contribution < 1.29 is 0 Å². The molecule has 0 aliphatic carbocycles. The Morgan fingerprint density at radius 2 is 0.592 bits per heavy atom. The van der Waals surface area contributed by atoms with E-state index < -0.39 is 0 Å². The van der Waals surface area contributed by atoms with Crippen LogP contribution in [0.1, 0.15) is 74.9 Å². The van der Waals surface area contributed by atoms with Crippen molar-refractivity contribution in [2.24, 2.45) is 0 Å². The van der Waals surface area contributed by atoms with Gasteiger partial charge in [0.05, 0.1) is 22.7 Å². The Bertz CT molecular complexity index is 3920. The van der Waals surface area contributed by atoms with E-state index in [1.54, 1.807) is 0 Å². The van der Waals surface area contributed by atoms with Gasteiger partial charge >= 0.3 is 0 Å². The molecule has 0 spiro atoms. The van der Waals surface area contributed by atoms with E-state index in [-0.39, 0.29) is 10.8 Å². The molecule has 0 saturated heterocycles. The first-order valence-electron chi connectivity index (χ1n) is 27.0. The maximum atomic E-state index is 2.56. The number of hydrogen-bond acceptors (Lipinski definition) is 2. The molecule has 2 heteroatoms. The number of nitrogens with zero attached hydrogens (tertiary/aromatic N) is 2. The van der Waals surface area contributed by atoms with Gasteiger partial charge in [-0.15, -0.1) is 0 Å². The molecule has 0 amide bonds. The summed E-state index contributed by atoms with van der Waals surface area (Å²) < 4.78 is 0. The molecule has 12 rings (SSSR count). The Morgan fingerprint density at radius 1 is 0.263 bits per heavy atom. The zero-order chi connectivity index (χ0) is 52.6. The minimum atomic E-state index is -0.00637. The third kappa shape index (κ3) is 8.66. The molecule has 0 aliphatic rings. The lowest BCUT2D eigenvalue weighted by molar-refractivity contribution is 0.589. The van der Waals surface area contributed by atoms with Gasteiger partial charge in [0.25, 0.3) is 0 Å². The second-order valence-electron chi connectivity index (χ2n) is 23.3. The average molecular weight is 983 g/mol. The molecule has 76 heavy (non-hydrogen) atoms. The molecule has 0 aliphatic heterocycles. The van der Waals surface area contributed by atoms with Crippen LogP contribution in [0.5, 0.6) is 0 Å². The molecule has 0 fully saturated rings. The van der Waals surface area contributed by atoms with Crippen LogP contribution >= 0.6 is 0 Å². The molecule has 0 radical (unpaired) electrons. The van der Waals surface area contributed by atoms with Crippen LogP contribution in [0.15, 0.2) is 218 Å². The lowest BCUT2D eigenvalue weighted by Crippen LogP contribution is -2.14. The van der Waals surface area contributed by atoms with E-state index in [9.17, 15) is 0 Å². The van der Waals surface area contributed by atoms with Crippen LogP contribution < -0.4 is 9.80 Å². The van der Waals surface area contributed by atoms with Gasteiger partial charge in [0.15, 0.2) is 0 Å². The summed E-state index contributed by atoms with van der Waals surface area (Å²) in [6.07, 6.45) is 0. The van der Waals surface area contributed by atoms with Crippen LogP contribution in [0.3, 0.4) is 0 Å². The molecular formula is C74H66N2. The number of aryl methyl sites for hydroxylation is 4. The van der Waals surface area contributed by atoms with Gasteiger partial charge in [0.1, 0.15) is 0 Å². The summed E-state index contributed by atoms with van der Waals surface area (Å²) in [6.45, 7) is 23.1. The van der Waals surface area contributed by atoms with Crippen molar-refractivity contribution in [3.8, 4) is 22.3 Å². The van der Waals surface area contributed by atoms with Gasteiger partial charge in [-0.2, -0.15) is 0 Å². The number of rotatable bonds is 8. The summed E-state index contributed by atoms with van der Waals surface area (Å²) in [5, 5.41) is 11.9. The fourth-order valence-electron chi connectivity index (χ4n) is 12.0. The highest BCUT2D eigenvalue weighted by Crippen LogP contribution is 2.52. The van der Waals surface area contributed by atoms with Crippen LogP contribution in [0.25, 0.3) is 76.1 Å². The van der Waals surface area contributed by atoms with Crippen LogP contribution in [-0.2, 0) is 10.8 Å². The molecule has 0 aromatic heterocycles. The third-order valence-electron chi connectivity index (χ3n) is 15.9. The molecule has 12 aromatic carbocycles. The lowest BCUT2D eigenvalue weighted by atomic mass is 9.81. The van der Waals surface area contributed by atoms with Crippen LogP contribution in [-0.4, -0.2) is 0 Å². The van der Waals surface area contributed by atoms with Gasteiger partial charge in [-0.1, -0.05) is 199 Å². The Kier molecular flexibility index (Phi) is 11.9. The van der Waals surface area contributed by atoms with E-state index in [0.717, 1.165) is 44.9 Å². The first-order chi connectivity index (χ1) is 36.6. The zero-order valence-corrected chi connectivity index (χ0v) is 45.7. The highest BCUT2D eigenvalue weighted by molar-refractivity contribution is 6.15. The Labute approximate surface area is 449 Å². The van der Waals surface area contributed by atoms with Gasteiger partial charge in [-0.25, -0.2) is 0 Å². The maximum absolute atomic E-state index is 2.56. The molecule has 0 atom stereocenters. The molecule has 2 nitrogen and oxygen atoms in total. The Morgan fingerprint density at radius 3 is 0.961 bits per heavy atom. The van der Waals surface area contributed by atoms with E-state index in [0.29, 0.717) is 0 Å². The van der Waals surface area contributed by atoms with Crippen LogP contribution in [0, 0.1) is 27.7 Å². The summed E-state index contributed by atoms with van der Waals surface area (Å²) in [7, 11) is 0. The maximum Gasteiger partial charge on any atom is 0.0547 e. The number of hydrogen-bond donors (Lipinski definition) is 0. The predicted octanol–water partition coefficient (Wildman–Crippen LogP) is 21.6. The van der Waals surface area contributed by atoms with Crippen molar-refractivity contribution in [2.75, 3.05) is 9.80 Å². The molecule has 0 bridgehead atoms. The normalized spacial score (nSPS) is 12.1. The highest BCUT2D eigenvalue weighted by atomic mass is 15.2. The molecule has 0 heterocycles. The monoisotopic (exact) mass is 983 g/mol. The quantitative estimate of drug-likeness (QED) is 0.150. The fraction of sp³-hybridized carbons (Fsp3) is 0.162. The van der Waals surface area contributed by atoms with E-state index in [4.69, 9.17) is 0 Å². The smallest absolute Gasteiger partial charge is 0.0547 e. The van der Waals surface area contributed by atoms with Crippen molar-refractivity contribution in [1.82, 2.24) is 0 Å². The van der Waals surface area contributed by atoms with E-state index in [1.807, 2.05) is 0 Å². The van der Waals surface area contributed by atoms with E-state index in [1.165, 1.54) is 98.7 Å². The number of anilines is 6. The minimum Gasteiger partial charge on any atom is -0.309 e. The SMILES string of the molecule is Cc1cc(C(C)(C)C)cc(C)c1-c1cc(N(c2ccc3ccccc3c2)c2cccc3ccccc23)c2cc(-c3c(C)cc(C(C)(C)C)cc3C)cc(N(c3ccc4ccccc4c3)c3cccc4ccccc34)c2c1. The first kappa shape index (κ1) is 48.5. The average Bonchev–Trinajstić information content (AvgIpc) is 3.49. The molecule has 372 valence electrons. The molecule has 12 aromatic rings. The molecular weight excluding hydrogens is 917 g/mol. The molecule has 0 saturated carbocycles. The lowest BCUT2D eigenvalue weighted by Gasteiger charge is -2.33. The topological polar surface area (TPSA) is 6.48 Å². The zero-order valence-electron chi connectivity index (χ0n) is 45.7. The molecule has 0 unspecified atom stereocenters. The Balaban J connectivity index is 1.29. The van der Waals surface area contributed by atoms with Crippen molar-refractivity contribution in [1.29, 1.82) is 0 Å². The van der Waals surface area contributed by atoms with Crippen molar-refractivity contribution >= 4 is 88.0 Å². The predicted molar refractivity (Wildman–Crippen MR) is 331 cm³/mol. The fourth-order valence-corrected chi connectivity index (χ4v) is 12.0. The minimum absolute atomic E-state index is 0.00637. The van der Waals surface area contributed by atoms with Gasteiger partial charge in [-0.3, -0.25) is 0 Å². The van der Waals surface area contributed by atoms with Crippen LogP contribution in [0.4, 0.5) is 34.1 Å². The largest absolute Gasteiger partial charge is 0.309 e. The van der Waals surface area contributed by atoms with E-state index in [2.05, 4.69) is 297 Å². The van der Waals surface area contributed by atoms with Crippen molar-refractivity contribution in [3.05, 3.63) is 252 Å². The van der Waals surface area contributed by atoms with Gasteiger partial charge in [-0.05, 0) is 187 Å². The van der Waals surface area contributed by atoms with Crippen molar-refractivity contribution in [2.45, 2.75) is 80.1 Å². The summed E-state index contributed by atoms with van der Waals surface area (Å²) in [5.41, 5.74) is 19.3. The summed E-state index contributed by atoms with van der Waals surface area (Å²) in [5.74, 6) is 0. The third-order valence-corrected chi connectivity index (χ3v) is 15.9. The summed E-state index contributed by atoms with van der Waals surface area (Å²) in [6, 6.07) is 82.4. The second kappa shape index (κ2) is 18.7. The van der Waals surface area contributed by atoms with Gasteiger partial charge in [0, 0.05) is 32.9 Å². The Hall–Kier alpha value is -8.46. The standard InChI is InChI=1S/C74H66N2/c1-47-37-59(73(5,6)7)38-48(2)71(47)57-43-65-66(69(45-57)75(61-35-33-51-21-11-13-25-55(51)41-61)67-31-19-27-53-23-15-17-29-63(53)67)44-58(72-49(3)39-60(40-50(72)4)74(8,9)10)46-70(65)76(62-36-34-52-22-12-14-26-56(52)42-62)68-32-20-28-54-24-16-18-30-64(54)68/h11-46H,1-10H3. The van der Waals surface area contributed by atoms with E-state index >= 15 is 0 Å². The van der Waals surface area contributed by atoms with Gasteiger partial charge < -0.3 is 9.80 Å². The summed E-state index contributed by atoms with van der Waals surface area (Å²) in [4.78, 5) is 5.12.